The zero-order chi connectivity index (χ0) is 15.0. The lowest BCUT2D eigenvalue weighted by Crippen LogP contribution is -2.18. The topological polar surface area (TPSA) is 52.3 Å². The van der Waals surface area contributed by atoms with Gasteiger partial charge in [-0.1, -0.05) is 19.8 Å². The molecule has 112 valence electrons. The number of carbonyl (C=O) groups is 1. The predicted molar refractivity (Wildman–Crippen MR) is 63.3 cm³/mol. The van der Waals surface area contributed by atoms with E-state index in [9.17, 15) is 18.0 Å². The molecule has 1 aliphatic rings. The lowest BCUT2D eigenvalue weighted by Gasteiger charge is -2.18. The molecule has 0 bridgehead atoms. The van der Waals surface area contributed by atoms with E-state index in [0.717, 1.165) is 12.8 Å². The summed E-state index contributed by atoms with van der Waals surface area (Å²) in [5, 5.41) is 0. The molecule has 0 aromatic carbocycles. The van der Waals surface area contributed by atoms with Gasteiger partial charge in [0, 0.05) is 5.41 Å². The first-order valence-electron chi connectivity index (χ1n) is 6.53. The van der Waals surface area contributed by atoms with Gasteiger partial charge < -0.3 is 9.15 Å². The van der Waals surface area contributed by atoms with E-state index in [0.29, 0.717) is 12.8 Å². The van der Waals surface area contributed by atoms with Crippen LogP contribution >= 0.6 is 0 Å². The fourth-order valence-corrected chi connectivity index (χ4v) is 2.47. The third-order valence-electron chi connectivity index (χ3n) is 3.58. The molecule has 4 nitrogen and oxygen atoms in total. The van der Waals surface area contributed by atoms with Crippen LogP contribution < -0.4 is 0 Å². The molecule has 1 heterocycles. The Bertz CT molecular complexity index is 501. The molecule has 0 N–H and O–H groups in total. The van der Waals surface area contributed by atoms with Gasteiger partial charge >= 0.3 is 12.1 Å². The number of oxazole rings is 1. The number of halogens is 3. The number of aromatic nitrogens is 1. The van der Waals surface area contributed by atoms with Crippen LogP contribution in [-0.2, 0) is 16.3 Å². The minimum atomic E-state index is -4.74. The van der Waals surface area contributed by atoms with Gasteiger partial charge in [-0.15, -0.1) is 0 Å². The molecule has 0 amide bonds. The van der Waals surface area contributed by atoms with E-state index in [2.05, 4.69) is 9.72 Å². The minimum Gasteiger partial charge on any atom is -0.460 e. The van der Waals surface area contributed by atoms with E-state index in [1.165, 1.54) is 6.92 Å². The van der Waals surface area contributed by atoms with Crippen LogP contribution in [0.25, 0.3) is 0 Å². The molecule has 1 aliphatic carbocycles. The van der Waals surface area contributed by atoms with Gasteiger partial charge in [-0.25, -0.2) is 9.78 Å². The van der Waals surface area contributed by atoms with Crippen LogP contribution in [0.4, 0.5) is 13.2 Å². The Morgan fingerprint density at radius 3 is 2.50 bits per heavy atom. The van der Waals surface area contributed by atoms with E-state index in [4.69, 9.17) is 4.42 Å². The standard InChI is InChI=1S/C13H16F3NO3/c1-3-19-10(18)8-9(13(14,15)16)17-11(20-8)12(2)6-4-5-7-12/h3-7H2,1-2H3. The first kappa shape index (κ1) is 14.9. The Morgan fingerprint density at radius 2 is 2.00 bits per heavy atom. The molecule has 1 aromatic rings. The number of hydrogen-bond acceptors (Lipinski definition) is 4. The molecular weight excluding hydrogens is 275 g/mol. The normalized spacial score (nSPS) is 18.2. The van der Waals surface area contributed by atoms with Crippen LogP contribution in [0.2, 0.25) is 0 Å². The maximum absolute atomic E-state index is 12.9. The highest BCUT2D eigenvalue weighted by Crippen LogP contribution is 2.42. The van der Waals surface area contributed by atoms with Gasteiger partial charge in [0.15, 0.2) is 5.69 Å². The second-order valence-corrected chi connectivity index (χ2v) is 5.18. The molecule has 1 fully saturated rings. The van der Waals surface area contributed by atoms with E-state index < -0.39 is 29.0 Å². The Labute approximate surface area is 114 Å². The van der Waals surface area contributed by atoms with E-state index >= 15 is 0 Å². The smallest absolute Gasteiger partial charge is 0.437 e. The first-order valence-corrected chi connectivity index (χ1v) is 6.53. The SMILES string of the molecule is CCOC(=O)c1oc(C2(C)CCCC2)nc1C(F)(F)F. The van der Waals surface area contributed by atoms with Crippen LogP contribution in [-0.4, -0.2) is 17.6 Å². The second-order valence-electron chi connectivity index (χ2n) is 5.18. The Kier molecular flexibility index (Phi) is 3.80. The maximum atomic E-state index is 12.9. The summed E-state index contributed by atoms with van der Waals surface area (Å²) in [5.74, 6) is -1.99. The van der Waals surface area contributed by atoms with Crippen molar-refractivity contribution >= 4 is 5.97 Å². The van der Waals surface area contributed by atoms with Crippen molar-refractivity contribution in [1.29, 1.82) is 0 Å². The highest BCUT2D eigenvalue weighted by Gasteiger charge is 2.45. The summed E-state index contributed by atoms with van der Waals surface area (Å²) < 4.78 is 48.6. The molecule has 0 spiro atoms. The van der Waals surface area contributed by atoms with Crippen LogP contribution in [0.15, 0.2) is 4.42 Å². The molecule has 1 saturated carbocycles. The largest absolute Gasteiger partial charge is 0.460 e. The fraction of sp³-hybridized carbons (Fsp3) is 0.692. The third kappa shape index (κ3) is 2.66. The Balaban J connectivity index is 2.44. The van der Waals surface area contributed by atoms with E-state index in [-0.39, 0.29) is 12.5 Å². The summed E-state index contributed by atoms with van der Waals surface area (Å²) in [6, 6.07) is 0. The van der Waals surface area contributed by atoms with Crippen molar-refractivity contribution < 1.29 is 27.1 Å². The molecule has 1 aromatic heterocycles. The fourth-order valence-electron chi connectivity index (χ4n) is 2.47. The van der Waals surface area contributed by atoms with Crippen molar-refractivity contribution in [2.45, 2.75) is 51.1 Å². The molecular formula is C13H16F3NO3. The highest BCUT2D eigenvalue weighted by atomic mass is 19.4. The van der Waals surface area contributed by atoms with Crippen LogP contribution in [0.1, 0.15) is 61.7 Å². The van der Waals surface area contributed by atoms with Crippen molar-refractivity contribution in [3.63, 3.8) is 0 Å². The molecule has 0 saturated heterocycles. The predicted octanol–water partition coefficient (Wildman–Crippen LogP) is 3.70. The number of esters is 1. The van der Waals surface area contributed by atoms with E-state index in [1.54, 1.807) is 6.92 Å². The molecule has 2 rings (SSSR count). The molecule has 7 heteroatoms. The number of hydrogen-bond donors (Lipinski definition) is 0. The van der Waals surface area contributed by atoms with Gasteiger partial charge in [-0.3, -0.25) is 0 Å². The summed E-state index contributed by atoms with van der Waals surface area (Å²) in [4.78, 5) is 15.1. The summed E-state index contributed by atoms with van der Waals surface area (Å²) in [5.41, 5.74) is -1.83. The molecule has 0 aliphatic heterocycles. The number of carbonyl (C=O) groups excluding carboxylic acids is 1. The van der Waals surface area contributed by atoms with Crippen molar-refractivity contribution in [2.75, 3.05) is 6.61 Å². The van der Waals surface area contributed by atoms with Gasteiger partial charge in [-0.2, -0.15) is 13.2 Å². The van der Waals surface area contributed by atoms with Gasteiger partial charge in [0.25, 0.3) is 0 Å². The van der Waals surface area contributed by atoms with Gasteiger partial charge in [0.05, 0.1) is 6.61 Å². The summed E-state index contributed by atoms with van der Waals surface area (Å²) in [6.45, 7) is 3.30. The minimum absolute atomic E-state index is 0.0228. The molecule has 0 radical (unpaired) electrons. The monoisotopic (exact) mass is 291 g/mol. The van der Waals surface area contributed by atoms with Gasteiger partial charge in [-0.05, 0) is 19.8 Å². The molecule has 20 heavy (non-hydrogen) atoms. The number of rotatable bonds is 3. The van der Waals surface area contributed by atoms with Crippen molar-refractivity contribution in [2.24, 2.45) is 0 Å². The number of nitrogens with zero attached hydrogens (tertiary/aromatic N) is 1. The summed E-state index contributed by atoms with van der Waals surface area (Å²) >= 11 is 0. The molecule has 0 unspecified atom stereocenters. The Morgan fingerprint density at radius 1 is 1.40 bits per heavy atom. The highest BCUT2D eigenvalue weighted by molar-refractivity contribution is 5.87. The number of alkyl halides is 3. The van der Waals surface area contributed by atoms with E-state index in [1.807, 2.05) is 0 Å². The lowest BCUT2D eigenvalue weighted by atomic mass is 9.89. The summed E-state index contributed by atoms with van der Waals surface area (Å²) in [7, 11) is 0. The van der Waals surface area contributed by atoms with Crippen molar-refractivity contribution in [3.05, 3.63) is 17.3 Å². The quantitative estimate of drug-likeness (QED) is 0.797. The average Bonchev–Trinajstić information content (AvgIpc) is 2.95. The maximum Gasteiger partial charge on any atom is 0.437 e. The lowest BCUT2D eigenvalue weighted by molar-refractivity contribution is -0.141. The average molecular weight is 291 g/mol. The first-order chi connectivity index (χ1) is 9.28. The van der Waals surface area contributed by atoms with Crippen molar-refractivity contribution in [1.82, 2.24) is 4.98 Å². The Hall–Kier alpha value is -1.53. The summed E-state index contributed by atoms with van der Waals surface area (Å²) in [6.07, 6.45) is -1.51. The molecule has 0 atom stereocenters. The van der Waals surface area contributed by atoms with Crippen molar-refractivity contribution in [3.8, 4) is 0 Å². The van der Waals surface area contributed by atoms with Crippen LogP contribution in [0.3, 0.4) is 0 Å². The second kappa shape index (κ2) is 5.10. The number of ether oxygens (including phenoxy) is 1. The van der Waals surface area contributed by atoms with Gasteiger partial charge in [0.1, 0.15) is 0 Å². The third-order valence-corrected chi connectivity index (χ3v) is 3.58. The zero-order valence-electron chi connectivity index (χ0n) is 11.3. The zero-order valence-corrected chi connectivity index (χ0v) is 11.3. The van der Waals surface area contributed by atoms with Gasteiger partial charge in [0.2, 0.25) is 11.7 Å². The van der Waals surface area contributed by atoms with Crippen LogP contribution in [0.5, 0.6) is 0 Å². The van der Waals surface area contributed by atoms with Crippen LogP contribution in [0, 0.1) is 0 Å².